The molecule has 1 N–H and O–H groups in total. The molecule has 0 spiro atoms. The van der Waals surface area contributed by atoms with E-state index < -0.39 is 5.54 Å². The zero-order chi connectivity index (χ0) is 14.8. The molecule has 0 saturated carbocycles. The number of aryl methyl sites for hydroxylation is 1. The van der Waals surface area contributed by atoms with Gasteiger partial charge in [0.05, 0.1) is 13.2 Å². The molecule has 1 fully saturated rings. The molecule has 2 rings (SSSR count). The molecule has 0 aliphatic carbocycles. The quantitative estimate of drug-likeness (QED) is 0.812. The van der Waals surface area contributed by atoms with Gasteiger partial charge in [0.1, 0.15) is 17.2 Å². The van der Waals surface area contributed by atoms with Crippen LogP contribution in [0.3, 0.4) is 0 Å². The Morgan fingerprint density at radius 3 is 2.80 bits per heavy atom. The predicted molar refractivity (Wildman–Crippen MR) is 74.1 cm³/mol. The summed E-state index contributed by atoms with van der Waals surface area (Å²) in [5, 5.41) is 11.0. The summed E-state index contributed by atoms with van der Waals surface area (Å²) in [6.07, 6.45) is 1.78. The Morgan fingerprint density at radius 2 is 2.25 bits per heavy atom. The van der Waals surface area contributed by atoms with Gasteiger partial charge in [-0.2, -0.15) is 0 Å². The maximum absolute atomic E-state index is 12.3. The molecule has 1 amide bonds. The molecule has 2 heterocycles. The molecule has 0 radical (unpaired) electrons. The number of hydrogen-bond acceptors (Lipinski definition) is 5. The summed E-state index contributed by atoms with van der Waals surface area (Å²) in [5.74, 6) is 1.75. The van der Waals surface area contributed by atoms with Crippen LogP contribution in [0.25, 0.3) is 0 Å². The van der Waals surface area contributed by atoms with Crippen molar-refractivity contribution in [1.29, 1.82) is 0 Å². The fraction of sp³-hybridized carbons (Fsp3) is 0.769. The fourth-order valence-corrected chi connectivity index (χ4v) is 2.88. The van der Waals surface area contributed by atoms with Crippen molar-refractivity contribution in [2.24, 2.45) is 7.05 Å². The van der Waals surface area contributed by atoms with Crippen molar-refractivity contribution in [3.8, 4) is 0 Å². The van der Waals surface area contributed by atoms with Gasteiger partial charge in [0.2, 0.25) is 5.91 Å². The minimum absolute atomic E-state index is 0.00994. The molecule has 7 nitrogen and oxygen atoms in total. The summed E-state index contributed by atoms with van der Waals surface area (Å²) < 4.78 is 7.27. The number of hydrogen-bond donors (Lipinski definition) is 1. The van der Waals surface area contributed by atoms with E-state index in [1.807, 2.05) is 18.5 Å². The van der Waals surface area contributed by atoms with Gasteiger partial charge in [-0.1, -0.05) is 0 Å². The van der Waals surface area contributed by atoms with Crippen molar-refractivity contribution in [3.05, 3.63) is 11.6 Å². The molecular weight excluding hydrogens is 258 g/mol. The number of carbonyl (C=O) groups excluding carboxylic acids is 1. The third-order valence-corrected chi connectivity index (χ3v) is 4.17. The summed E-state index contributed by atoms with van der Waals surface area (Å²) in [6, 6.07) is 0. The smallest absolute Gasteiger partial charge is 0.242 e. The molecule has 1 atom stereocenters. The summed E-state index contributed by atoms with van der Waals surface area (Å²) in [7, 11) is 5.25. The first-order chi connectivity index (χ1) is 9.55. The van der Waals surface area contributed by atoms with Crippen molar-refractivity contribution in [2.45, 2.75) is 31.8 Å². The minimum Gasteiger partial charge on any atom is -0.382 e. The highest BCUT2D eigenvalue weighted by Crippen LogP contribution is 2.31. The Hall–Kier alpha value is -1.47. The number of aromatic nitrogens is 3. The Kier molecular flexibility index (Phi) is 4.39. The molecule has 1 aliphatic rings. The van der Waals surface area contributed by atoms with E-state index in [1.54, 1.807) is 14.2 Å². The monoisotopic (exact) mass is 281 g/mol. The van der Waals surface area contributed by atoms with Crippen LogP contribution in [0.1, 0.15) is 24.5 Å². The molecule has 20 heavy (non-hydrogen) atoms. The summed E-state index contributed by atoms with van der Waals surface area (Å²) >= 11 is 0. The lowest BCUT2D eigenvalue weighted by Gasteiger charge is -2.35. The van der Waals surface area contributed by atoms with Gasteiger partial charge in [-0.15, -0.1) is 10.2 Å². The van der Waals surface area contributed by atoms with Crippen molar-refractivity contribution in [2.75, 3.05) is 27.3 Å². The molecule has 0 bridgehead atoms. The topological polar surface area (TPSA) is 72.3 Å². The van der Waals surface area contributed by atoms with E-state index >= 15 is 0 Å². The molecule has 0 aromatic carbocycles. The highest BCUT2D eigenvalue weighted by atomic mass is 16.5. The van der Waals surface area contributed by atoms with Crippen LogP contribution in [0, 0.1) is 6.92 Å². The number of methoxy groups -OCH3 is 1. The van der Waals surface area contributed by atoms with Gasteiger partial charge in [0.15, 0.2) is 0 Å². The van der Waals surface area contributed by atoms with Crippen LogP contribution in [-0.4, -0.2) is 58.4 Å². The second-order valence-corrected chi connectivity index (χ2v) is 5.29. The molecule has 1 aromatic heterocycles. The zero-order valence-corrected chi connectivity index (χ0v) is 12.6. The molecule has 1 aliphatic heterocycles. The van der Waals surface area contributed by atoms with E-state index in [2.05, 4.69) is 20.4 Å². The second-order valence-electron chi connectivity index (χ2n) is 5.29. The van der Waals surface area contributed by atoms with Gasteiger partial charge in [0.25, 0.3) is 0 Å². The first-order valence-electron chi connectivity index (χ1n) is 6.86. The third kappa shape index (κ3) is 2.43. The standard InChI is InChI=1S/C13H23N5O2/c1-10-15-16-11(17(10)3)8-18-7-5-6-13(18,9-20-4)12(19)14-2/h5-9H2,1-4H3,(H,14,19). The zero-order valence-electron chi connectivity index (χ0n) is 12.6. The Labute approximate surface area is 119 Å². The first-order valence-corrected chi connectivity index (χ1v) is 6.86. The number of likely N-dealkylation sites (tertiary alicyclic amines) is 1. The first kappa shape index (κ1) is 14.9. The van der Waals surface area contributed by atoms with Crippen LogP contribution in [-0.2, 0) is 23.1 Å². The second kappa shape index (κ2) is 5.88. The van der Waals surface area contributed by atoms with Crippen molar-refractivity contribution < 1.29 is 9.53 Å². The van der Waals surface area contributed by atoms with Crippen LogP contribution in [0.15, 0.2) is 0 Å². The number of carbonyl (C=O) groups is 1. The highest BCUT2D eigenvalue weighted by molar-refractivity contribution is 5.86. The number of ether oxygens (including phenoxy) is 1. The van der Waals surface area contributed by atoms with Crippen molar-refractivity contribution in [3.63, 3.8) is 0 Å². The van der Waals surface area contributed by atoms with E-state index in [1.165, 1.54) is 0 Å². The lowest BCUT2D eigenvalue weighted by Crippen LogP contribution is -2.57. The summed E-state index contributed by atoms with van der Waals surface area (Å²) in [5.41, 5.74) is -0.594. The van der Waals surface area contributed by atoms with Gasteiger partial charge in [-0.25, -0.2) is 0 Å². The molecule has 112 valence electrons. The maximum atomic E-state index is 12.3. The third-order valence-electron chi connectivity index (χ3n) is 4.17. The van der Waals surface area contributed by atoms with Crippen LogP contribution >= 0.6 is 0 Å². The number of nitrogens with zero attached hydrogens (tertiary/aromatic N) is 4. The fourth-order valence-electron chi connectivity index (χ4n) is 2.88. The average molecular weight is 281 g/mol. The predicted octanol–water partition coefficient (Wildman–Crippen LogP) is -0.149. The lowest BCUT2D eigenvalue weighted by molar-refractivity contribution is -0.135. The number of rotatable bonds is 5. The number of amides is 1. The van der Waals surface area contributed by atoms with Crippen LogP contribution in [0.4, 0.5) is 0 Å². The Bertz CT molecular complexity index is 487. The van der Waals surface area contributed by atoms with Crippen LogP contribution in [0.5, 0.6) is 0 Å². The van der Waals surface area contributed by atoms with Gasteiger partial charge < -0.3 is 14.6 Å². The summed E-state index contributed by atoms with van der Waals surface area (Å²) in [4.78, 5) is 14.5. The normalized spacial score (nSPS) is 23.2. The van der Waals surface area contributed by atoms with E-state index in [-0.39, 0.29) is 5.91 Å². The van der Waals surface area contributed by atoms with Gasteiger partial charge >= 0.3 is 0 Å². The van der Waals surface area contributed by atoms with Crippen molar-refractivity contribution in [1.82, 2.24) is 25.0 Å². The minimum atomic E-state index is -0.594. The van der Waals surface area contributed by atoms with Gasteiger partial charge in [-0.3, -0.25) is 9.69 Å². The molecular formula is C13H23N5O2. The Balaban J connectivity index is 2.24. The Morgan fingerprint density at radius 1 is 1.50 bits per heavy atom. The van der Waals surface area contributed by atoms with E-state index in [9.17, 15) is 4.79 Å². The van der Waals surface area contributed by atoms with Crippen molar-refractivity contribution >= 4 is 5.91 Å². The van der Waals surface area contributed by atoms with E-state index in [4.69, 9.17) is 4.74 Å². The molecule has 1 saturated heterocycles. The number of likely N-dealkylation sites (N-methyl/N-ethyl adjacent to an activating group) is 1. The molecule has 1 aromatic rings. The summed E-state index contributed by atoms with van der Waals surface area (Å²) in [6.45, 7) is 3.78. The van der Waals surface area contributed by atoms with E-state index in [0.717, 1.165) is 31.0 Å². The highest BCUT2D eigenvalue weighted by Gasteiger charge is 2.47. The maximum Gasteiger partial charge on any atom is 0.242 e. The van der Waals surface area contributed by atoms with Gasteiger partial charge in [-0.05, 0) is 26.3 Å². The average Bonchev–Trinajstić information content (AvgIpc) is 2.98. The molecule has 7 heteroatoms. The lowest BCUT2D eigenvalue weighted by atomic mass is 9.96. The number of nitrogens with one attached hydrogen (secondary N) is 1. The molecule has 1 unspecified atom stereocenters. The van der Waals surface area contributed by atoms with Crippen LogP contribution < -0.4 is 5.32 Å². The van der Waals surface area contributed by atoms with E-state index in [0.29, 0.717) is 13.2 Å². The van der Waals surface area contributed by atoms with Gasteiger partial charge in [0, 0.05) is 21.2 Å². The SMILES string of the molecule is CNC(=O)C1(COC)CCCN1Cc1nnc(C)n1C. The van der Waals surface area contributed by atoms with Crippen LogP contribution in [0.2, 0.25) is 0 Å². The largest absolute Gasteiger partial charge is 0.382 e.